The van der Waals surface area contributed by atoms with Crippen LogP contribution in [0.1, 0.15) is 0 Å². The van der Waals surface area contributed by atoms with Crippen LogP contribution < -0.4 is 27.7 Å². The largest absolute Gasteiger partial charge is 0.379 e. The van der Waals surface area contributed by atoms with E-state index in [1.165, 1.54) is 0 Å². The Morgan fingerprint density at radius 3 is 1.59 bits per heavy atom. The zero-order valence-corrected chi connectivity index (χ0v) is 41.0. The van der Waals surface area contributed by atoms with Gasteiger partial charge in [-0.25, -0.2) is 29.5 Å². The summed E-state index contributed by atoms with van der Waals surface area (Å²) in [4.78, 5) is 63.9. The summed E-state index contributed by atoms with van der Waals surface area (Å²) in [5.74, 6) is 1.82. The second-order valence-corrected chi connectivity index (χ2v) is 18.4. The Labute approximate surface area is 408 Å². The molecule has 8 heterocycles. The molecule has 4 aromatic heterocycles. The summed E-state index contributed by atoms with van der Waals surface area (Å²) in [6.07, 6.45) is 0. The van der Waals surface area contributed by atoms with Gasteiger partial charge >= 0.3 is 11.4 Å². The highest BCUT2D eigenvalue weighted by Gasteiger charge is 2.21. The van der Waals surface area contributed by atoms with Crippen molar-refractivity contribution in [3.05, 3.63) is 86.8 Å². The molecule has 0 saturated carbocycles. The Bertz CT molecular complexity index is 2610. The van der Waals surface area contributed by atoms with Gasteiger partial charge in [0.2, 0.25) is 0 Å². The van der Waals surface area contributed by atoms with Crippen LogP contribution in [0.3, 0.4) is 0 Å². The van der Waals surface area contributed by atoms with E-state index in [1.807, 2.05) is 60.7 Å². The van der Waals surface area contributed by atoms with Crippen LogP contribution in [-0.2, 0) is 17.8 Å². The number of nitrogens with two attached hydrogens (primary N) is 1. The monoisotopic (exact) mass is 968 g/mol. The number of morpholine rings is 1. The topological polar surface area (TPSA) is 206 Å². The molecule has 10 rings (SSSR count). The minimum atomic E-state index is -0.199. The maximum atomic E-state index is 12.9. The lowest BCUT2D eigenvalue weighted by Gasteiger charge is -2.32. The molecule has 2 aromatic carbocycles. The summed E-state index contributed by atoms with van der Waals surface area (Å²) in [6.45, 7) is 22.6. The number of aromatic amines is 2. The molecule has 21 heteroatoms. The molecular weight excluding hydrogens is 898 g/mol. The van der Waals surface area contributed by atoms with Gasteiger partial charge in [0.1, 0.15) is 11.0 Å². The average molecular weight is 969 g/mol. The van der Waals surface area contributed by atoms with Gasteiger partial charge in [-0.1, -0.05) is 72.3 Å². The first-order valence-electron chi connectivity index (χ1n) is 24.5. The van der Waals surface area contributed by atoms with Crippen LogP contribution in [-0.4, -0.2) is 227 Å². The first kappa shape index (κ1) is 50.3. The fraction of sp³-hybridized carbons (Fsp3) is 0.542. The second kappa shape index (κ2) is 25.1. The number of fused-ring (bicyclic) bond motifs is 2. The van der Waals surface area contributed by atoms with E-state index in [0.29, 0.717) is 52.9 Å². The second-order valence-electron chi connectivity index (χ2n) is 18.1. The van der Waals surface area contributed by atoms with E-state index in [0.717, 1.165) is 155 Å². The van der Waals surface area contributed by atoms with Crippen molar-refractivity contribution in [2.75, 3.05) is 164 Å². The highest BCUT2D eigenvalue weighted by molar-refractivity contribution is 6.33. The molecule has 0 amide bonds. The Balaban J connectivity index is 0.000000161. The summed E-state index contributed by atoms with van der Waals surface area (Å²) < 4.78 is 8.86. The third-order valence-corrected chi connectivity index (χ3v) is 13.5. The highest BCUT2D eigenvalue weighted by atomic mass is 35.5. The number of likely N-dealkylation sites (N-methyl/N-ethyl adjacent to an activating group) is 2. The summed E-state index contributed by atoms with van der Waals surface area (Å²) in [5, 5.41) is 7.02. The lowest BCUT2D eigenvalue weighted by atomic mass is 10.2. The SMILES string of the molecule is CN1CCN(CCn2c(=O)[nH]c3c(Cl)nc(-c4ccccc4)nc32)CC1.CN1CCN(CCn2c(=O)[nH]c3c(NCCN4CCOCC4)nc(-c4ccccc4)nc32)CC1.NCCN1CCNCC1. The fourth-order valence-electron chi connectivity index (χ4n) is 8.90. The van der Waals surface area contributed by atoms with E-state index in [9.17, 15) is 9.59 Å². The van der Waals surface area contributed by atoms with E-state index in [1.54, 1.807) is 9.13 Å². The molecule has 4 fully saturated rings. The van der Waals surface area contributed by atoms with E-state index < -0.39 is 0 Å². The Morgan fingerprint density at radius 1 is 0.580 bits per heavy atom. The number of hydrogen-bond donors (Lipinski definition) is 5. The molecule has 372 valence electrons. The van der Waals surface area contributed by atoms with E-state index in [-0.39, 0.29) is 16.5 Å². The number of H-pyrrole nitrogens is 2. The van der Waals surface area contributed by atoms with E-state index in [4.69, 9.17) is 32.0 Å². The number of piperazine rings is 3. The average Bonchev–Trinajstić information content (AvgIpc) is 3.89. The van der Waals surface area contributed by atoms with Crippen molar-refractivity contribution in [3.63, 3.8) is 0 Å². The number of aromatic nitrogens is 8. The van der Waals surface area contributed by atoms with Crippen LogP contribution in [0, 0.1) is 0 Å². The molecule has 20 nitrogen and oxygen atoms in total. The molecule has 6 N–H and O–H groups in total. The van der Waals surface area contributed by atoms with Gasteiger partial charge in [-0.2, -0.15) is 0 Å². The standard InChI is InChI=1S/C24H34N8O2.C18H21ClN6O.C6H15N3/c1-29-9-11-31(12-10-29)13-14-32-23-20(26-24(32)33)22(25-7-8-30-15-17-34-18-16-30)27-21(28-23)19-5-3-2-4-6-19;1-23-7-9-24(10-8-23)11-12-25-17-14(20-18(25)26)15(19)21-16(22-17)13-5-3-2-4-6-13;7-1-4-9-5-2-8-3-6-9/h2-6H,7-18H2,1H3,(H,26,33)(H,25,27,28);2-6H,7-12H2,1H3,(H,20,26);8H,1-7H2. The summed E-state index contributed by atoms with van der Waals surface area (Å²) in [7, 11) is 4.28. The van der Waals surface area contributed by atoms with Crippen LogP contribution in [0.15, 0.2) is 70.3 Å². The van der Waals surface area contributed by atoms with Crippen LogP contribution in [0.2, 0.25) is 5.15 Å². The van der Waals surface area contributed by atoms with Crippen molar-refractivity contribution in [1.29, 1.82) is 0 Å². The molecule has 4 saturated heterocycles. The number of halogens is 1. The quantitative estimate of drug-likeness (QED) is 0.0977. The number of anilines is 1. The molecule has 6 aromatic rings. The van der Waals surface area contributed by atoms with E-state index in [2.05, 4.69) is 74.1 Å². The van der Waals surface area contributed by atoms with E-state index >= 15 is 0 Å². The molecule has 4 aliphatic heterocycles. The number of rotatable bonds is 14. The minimum absolute atomic E-state index is 0.139. The maximum Gasteiger partial charge on any atom is 0.327 e. The summed E-state index contributed by atoms with van der Waals surface area (Å²) in [6, 6.07) is 19.6. The number of ether oxygens (including phenoxy) is 1. The maximum absolute atomic E-state index is 12.9. The van der Waals surface area contributed by atoms with Crippen molar-refractivity contribution >= 4 is 39.7 Å². The Morgan fingerprint density at radius 2 is 1.06 bits per heavy atom. The number of imidazole rings is 2. The van der Waals surface area contributed by atoms with Crippen molar-refractivity contribution < 1.29 is 4.74 Å². The van der Waals surface area contributed by atoms with Crippen molar-refractivity contribution in [3.8, 4) is 22.8 Å². The predicted octanol–water partition coefficient (Wildman–Crippen LogP) is 1.32. The third kappa shape index (κ3) is 13.8. The number of nitrogens with one attached hydrogen (secondary N) is 4. The molecule has 0 unspecified atom stereocenters. The minimum Gasteiger partial charge on any atom is -0.379 e. The van der Waals surface area contributed by atoms with Gasteiger partial charge in [0.15, 0.2) is 33.9 Å². The molecule has 0 bridgehead atoms. The third-order valence-electron chi connectivity index (χ3n) is 13.2. The van der Waals surface area contributed by atoms with Crippen molar-refractivity contribution in [2.45, 2.75) is 13.1 Å². The number of hydrogen-bond acceptors (Lipinski definition) is 16. The molecule has 0 atom stereocenters. The Kier molecular flexibility index (Phi) is 18.3. The van der Waals surface area contributed by atoms with Gasteiger partial charge in [-0.05, 0) is 14.1 Å². The highest BCUT2D eigenvalue weighted by Crippen LogP contribution is 2.25. The van der Waals surface area contributed by atoms with Gasteiger partial charge < -0.3 is 40.9 Å². The first-order valence-corrected chi connectivity index (χ1v) is 24.9. The number of nitrogens with zero attached hydrogens (tertiary/aromatic N) is 12. The lowest BCUT2D eigenvalue weighted by Crippen LogP contribution is -2.45. The molecule has 0 radical (unpaired) electrons. The van der Waals surface area contributed by atoms with Crippen molar-refractivity contribution in [1.82, 2.24) is 73.8 Å². The van der Waals surface area contributed by atoms with Gasteiger partial charge in [-0.15, -0.1) is 0 Å². The van der Waals surface area contributed by atoms with Crippen LogP contribution in [0.25, 0.3) is 45.1 Å². The molecule has 0 aliphatic carbocycles. The van der Waals surface area contributed by atoms with Gasteiger partial charge in [0.05, 0.1) is 13.2 Å². The molecule has 69 heavy (non-hydrogen) atoms. The van der Waals surface area contributed by atoms with Gasteiger partial charge in [-0.3, -0.25) is 28.7 Å². The zero-order valence-electron chi connectivity index (χ0n) is 40.3. The summed E-state index contributed by atoms with van der Waals surface area (Å²) >= 11 is 6.31. The van der Waals surface area contributed by atoms with Crippen molar-refractivity contribution in [2.24, 2.45) is 5.73 Å². The summed E-state index contributed by atoms with van der Waals surface area (Å²) in [5.41, 5.74) is 9.24. The van der Waals surface area contributed by atoms with Crippen LogP contribution >= 0.6 is 11.6 Å². The zero-order chi connectivity index (χ0) is 48.0. The van der Waals surface area contributed by atoms with Gasteiger partial charge in [0.25, 0.3) is 0 Å². The smallest absolute Gasteiger partial charge is 0.327 e. The van der Waals surface area contributed by atoms with Crippen LogP contribution in [0.4, 0.5) is 5.82 Å². The Hall–Kier alpha value is -5.13. The normalized spacial score (nSPS) is 18.2. The predicted molar refractivity (Wildman–Crippen MR) is 274 cm³/mol. The fourth-order valence-corrected chi connectivity index (χ4v) is 9.11. The van der Waals surface area contributed by atoms with Gasteiger partial charge in [0, 0.05) is 155 Å². The molecule has 0 spiro atoms. The lowest BCUT2D eigenvalue weighted by molar-refractivity contribution is 0.0398. The van der Waals surface area contributed by atoms with Crippen LogP contribution in [0.5, 0.6) is 0 Å². The number of benzene rings is 2. The first-order chi connectivity index (χ1) is 33.7. The molecule has 4 aliphatic rings. The molecular formula is C48H70ClN17O3.